The van der Waals surface area contributed by atoms with E-state index in [4.69, 9.17) is 5.73 Å². The molecule has 2 nitrogen and oxygen atoms in total. The van der Waals surface area contributed by atoms with E-state index in [0.29, 0.717) is 6.54 Å². The molecule has 0 aromatic rings. The Morgan fingerprint density at radius 1 is 1.58 bits per heavy atom. The highest BCUT2D eigenvalue weighted by molar-refractivity contribution is 8.00. The van der Waals surface area contributed by atoms with Crippen LogP contribution in [0.5, 0.6) is 0 Å². The lowest BCUT2D eigenvalue weighted by Gasteiger charge is -2.08. The van der Waals surface area contributed by atoms with Crippen LogP contribution in [0, 0.1) is 0 Å². The molecule has 12 heavy (non-hydrogen) atoms. The molecule has 2 unspecified atom stereocenters. The Morgan fingerprint density at radius 2 is 2.25 bits per heavy atom. The van der Waals surface area contributed by atoms with Crippen LogP contribution in [0.4, 0.5) is 0 Å². The molecule has 0 aromatic carbocycles. The monoisotopic (exact) mass is 209 g/mol. The minimum Gasteiger partial charge on any atom is -0.330 e. The van der Waals surface area contributed by atoms with Gasteiger partial charge in [-0.15, -0.1) is 0 Å². The maximum atomic E-state index is 11.5. The summed E-state index contributed by atoms with van der Waals surface area (Å²) >= 11 is 1.85. The Balaban J connectivity index is 3.43. The Morgan fingerprint density at radius 3 is 2.75 bits per heavy atom. The first-order chi connectivity index (χ1) is 5.72. The van der Waals surface area contributed by atoms with E-state index in [-0.39, 0.29) is 5.25 Å². The molecule has 0 aliphatic heterocycles. The molecule has 0 spiro atoms. The summed E-state index contributed by atoms with van der Waals surface area (Å²) in [7, 11) is -0.667. The molecule has 0 aromatic heterocycles. The second-order valence-electron chi connectivity index (χ2n) is 2.67. The lowest BCUT2D eigenvalue weighted by molar-refractivity contribution is 0.667. The molecule has 0 saturated carbocycles. The predicted molar refractivity (Wildman–Crippen MR) is 59.1 cm³/mol. The summed E-state index contributed by atoms with van der Waals surface area (Å²) in [4.78, 5) is 0. The van der Waals surface area contributed by atoms with Crippen LogP contribution in [-0.4, -0.2) is 33.3 Å². The average Bonchev–Trinajstić information content (AvgIpc) is 2.05. The van der Waals surface area contributed by atoms with Crippen LogP contribution in [0.15, 0.2) is 0 Å². The third-order valence-electron chi connectivity index (χ3n) is 1.65. The molecule has 0 saturated heterocycles. The molecule has 74 valence electrons. The van der Waals surface area contributed by atoms with Crippen LogP contribution in [-0.2, 0) is 10.8 Å². The zero-order valence-corrected chi connectivity index (χ0v) is 9.55. The maximum Gasteiger partial charge on any atom is 0.0332 e. The normalized spacial score (nSPS) is 15.9. The van der Waals surface area contributed by atoms with Gasteiger partial charge in [-0.25, -0.2) is 0 Å². The van der Waals surface area contributed by atoms with Gasteiger partial charge < -0.3 is 5.73 Å². The van der Waals surface area contributed by atoms with E-state index in [1.807, 2.05) is 18.7 Å². The van der Waals surface area contributed by atoms with Gasteiger partial charge in [0.05, 0.1) is 0 Å². The molecule has 0 rings (SSSR count). The van der Waals surface area contributed by atoms with E-state index in [2.05, 4.69) is 6.92 Å². The van der Waals surface area contributed by atoms with Crippen LogP contribution in [0.2, 0.25) is 0 Å². The number of rotatable bonds is 7. The van der Waals surface area contributed by atoms with Crippen molar-refractivity contribution in [1.82, 2.24) is 0 Å². The Kier molecular flexibility index (Phi) is 8.39. The van der Waals surface area contributed by atoms with Gasteiger partial charge in [0.25, 0.3) is 0 Å². The van der Waals surface area contributed by atoms with Gasteiger partial charge >= 0.3 is 0 Å². The van der Waals surface area contributed by atoms with E-state index in [1.165, 1.54) is 0 Å². The second kappa shape index (κ2) is 8.08. The van der Waals surface area contributed by atoms with Crippen molar-refractivity contribution in [3.63, 3.8) is 0 Å². The van der Waals surface area contributed by atoms with Crippen LogP contribution in [0.25, 0.3) is 0 Å². The molecule has 0 bridgehead atoms. The molecule has 0 aliphatic rings. The lowest BCUT2D eigenvalue weighted by Crippen LogP contribution is -2.19. The fourth-order valence-electron chi connectivity index (χ4n) is 0.853. The van der Waals surface area contributed by atoms with Gasteiger partial charge in [-0.2, -0.15) is 11.8 Å². The van der Waals surface area contributed by atoms with Crippen LogP contribution < -0.4 is 5.73 Å². The van der Waals surface area contributed by atoms with Gasteiger partial charge in [0.1, 0.15) is 0 Å². The van der Waals surface area contributed by atoms with Crippen molar-refractivity contribution in [2.24, 2.45) is 5.73 Å². The summed E-state index contributed by atoms with van der Waals surface area (Å²) in [5.41, 5.74) is 5.38. The summed E-state index contributed by atoms with van der Waals surface area (Å²) in [5, 5.41) is 0.271. The van der Waals surface area contributed by atoms with Crippen LogP contribution in [0.1, 0.15) is 20.3 Å². The second-order valence-corrected chi connectivity index (χ2v) is 6.04. The molecule has 4 heteroatoms. The maximum absolute atomic E-state index is 11.5. The van der Waals surface area contributed by atoms with Gasteiger partial charge in [-0.05, 0) is 18.7 Å². The van der Waals surface area contributed by atoms with Gasteiger partial charge in [0, 0.05) is 27.6 Å². The molecule has 0 aliphatic carbocycles. The fraction of sp³-hybridized carbons (Fsp3) is 1.00. The van der Waals surface area contributed by atoms with Gasteiger partial charge in [0.2, 0.25) is 0 Å². The van der Waals surface area contributed by atoms with Crippen molar-refractivity contribution in [2.45, 2.75) is 25.5 Å². The largest absolute Gasteiger partial charge is 0.330 e. The van der Waals surface area contributed by atoms with Crippen molar-refractivity contribution < 1.29 is 4.21 Å². The lowest BCUT2D eigenvalue weighted by atomic mass is 10.3. The van der Waals surface area contributed by atoms with Crippen molar-refractivity contribution in [3.05, 3.63) is 0 Å². The summed E-state index contributed by atoms with van der Waals surface area (Å²) in [6.07, 6.45) is 0.878. The Bertz CT molecular complexity index is 130. The molecular formula is C8H19NOS2. The highest BCUT2D eigenvalue weighted by Crippen LogP contribution is 2.04. The minimum atomic E-state index is -0.667. The topological polar surface area (TPSA) is 43.1 Å². The summed E-state index contributed by atoms with van der Waals surface area (Å²) in [5.74, 6) is 2.94. The zero-order valence-electron chi connectivity index (χ0n) is 7.91. The van der Waals surface area contributed by atoms with E-state index in [9.17, 15) is 4.21 Å². The molecule has 0 heterocycles. The smallest absolute Gasteiger partial charge is 0.0332 e. The minimum absolute atomic E-state index is 0.271. The average molecular weight is 209 g/mol. The fourth-order valence-corrected chi connectivity index (χ4v) is 3.07. The van der Waals surface area contributed by atoms with Crippen molar-refractivity contribution >= 4 is 22.6 Å². The Labute approximate surface area is 82.1 Å². The highest BCUT2D eigenvalue weighted by Gasteiger charge is 2.08. The van der Waals surface area contributed by atoms with Gasteiger partial charge in [-0.3, -0.25) is 4.21 Å². The summed E-state index contributed by atoms with van der Waals surface area (Å²) in [6.45, 7) is 4.78. The molecule has 2 atom stereocenters. The molecule has 0 radical (unpaired) electrons. The predicted octanol–water partition coefficient (Wildman–Crippen LogP) is 1.23. The van der Waals surface area contributed by atoms with E-state index in [0.717, 1.165) is 23.7 Å². The SMILES string of the molecule is CCSCCS(=O)C(C)CCN. The number of hydrogen-bond donors (Lipinski definition) is 1. The van der Waals surface area contributed by atoms with Crippen molar-refractivity contribution in [2.75, 3.05) is 23.8 Å². The van der Waals surface area contributed by atoms with E-state index in [1.54, 1.807) is 0 Å². The van der Waals surface area contributed by atoms with Crippen LogP contribution in [0.3, 0.4) is 0 Å². The van der Waals surface area contributed by atoms with Gasteiger partial charge in [-0.1, -0.05) is 13.8 Å². The third kappa shape index (κ3) is 6.03. The van der Waals surface area contributed by atoms with Gasteiger partial charge in [0.15, 0.2) is 0 Å². The zero-order chi connectivity index (χ0) is 9.40. The first kappa shape index (κ1) is 12.5. The number of thioether (sulfide) groups is 1. The van der Waals surface area contributed by atoms with Crippen molar-refractivity contribution in [1.29, 1.82) is 0 Å². The molecule has 2 N–H and O–H groups in total. The summed E-state index contributed by atoms with van der Waals surface area (Å²) < 4.78 is 11.5. The highest BCUT2D eigenvalue weighted by atomic mass is 32.2. The van der Waals surface area contributed by atoms with Crippen LogP contribution >= 0.6 is 11.8 Å². The Hall–Kier alpha value is 0.460. The quantitative estimate of drug-likeness (QED) is 0.641. The van der Waals surface area contributed by atoms with E-state index >= 15 is 0 Å². The van der Waals surface area contributed by atoms with Crippen molar-refractivity contribution in [3.8, 4) is 0 Å². The standard InChI is InChI=1S/C8H19NOS2/c1-3-11-6-7-12(10)8(2)4-5-9/h8H,3-7,9H2,1-2H3. The first-order valence-electron chi connectivity index (χ1n) is 4.37. The van der Waals surface area contributed by atoms with E-state index < -0.39 is 10.8 Å². The molecular weight excluding hydrogens is 190 g/mol. The number of nitrogens with two attached hydrogens (primary N) is 1. The number of hydrogen-bond acceptors (Lipinski definition) is 3. The third-order valence-corrected chi connectivity index (χ3v) is 4.55. The first-order valence-corrected chi connectivity index (χ1v) is 6.91. The molecule has 0 fully saturated rings. The molecule has 0 amide bonds. The summed E-state index contributed by atoms with van der Waals surface area (Å²) in [6, 6.07) is 0.